The van der Waals surface area contributed by atoms with E-state index in [4.69, 9.17) is 10.5 Å². The summed E-state index contributed by atoms with van der Waals surface area (Å²) in [4.78, 5) is 18.8. The molecule has 0 radical (unpaired) electrons. The molecule has 0 unspecified atom stereocenters. The van der Waals surface area contributed by atoms with E-state index in [-0.39, 0.29) is 5.97 Å². The third-order valence-electron chi connectivity index (χ3n) is 4.93. The van der Waals surface area contributed by atoms with Gasteiger partial charge in [0.05, 0.1) is 0 Å². The summed E-state index contributed by atoms with van der Waals surface area (Å²) < 4.78 is 5.45. The molecule has 0 atom stereocenters. The summed E-state index contributed by atoms with van der Waals surface area (Å²) in [7, 11) is 0. The van der Waals surface area contributed by atoms with Gasteiger partial charge in [-0.05, 0) is 42.1 Å². The molecule has 5 nitrogen and oxygen atoms in total. The van der Waals surface area contributed by atoms with E-state index >= 15 is 0 Å². The topological polar surface area (TPSA) is 67.9 Å². The van der Waals surface area contributed by atoms with Crippen LogP contribution in [-0.2, 0) is 9.53 Å². The smallest absolute Gasteiger partial charge is 0.365 e. The molecule has 0 spiro atoms. The lowest BCUT2D eigenvalue weighted by Crippen LogP contribution is -2.33. The average Bonchev–Trinajstić information content (AvgIpc) is 3.02. The van der Waals surface area contributed by atoms with Crippen LogP contribution >= 0.6 is 0 Å². The van der Waals surface area contributed by atoms with Crippen LogP contribution in [0.3, 0.4) is 0 Å². The van der Waals surface area contributed by atoms with E-state index < -0.39 is 0 Å². The van der Waals surface area contributed by atoms with Crippen molar-refractivity contribution in [3.05, 3.63) is 59.9 Å². The Kier molecular flexibility index (Phi) is 4.24. The molecule has 0 amide bonds. The number of likely N-dealkylation sites (tertiary alicyclic amines) is 1. The Labute approximate surface area is 146 Å². The molecule has 0 aromatic heterocycles. The van der Waals surface area contributed by atoms with Crippen molar-refractivity contribution in [1.82, 2.24) is 4.90 Å². The van der Waals surface area contributed by atoms with E-state index in [1.54, 1.807) is 0 Å². The SMILES string of the molecule is NCC1CCN(/C=C2/N=C(c3cccc4ccccc34)OC2=O)CC1. The van der Waals surface area contributed by atoms with E-state index in [0.29, 0.717) is 17.5 Å². The van der Waals surface area contributed by atoms with Crippen molar-refractivity contribution in [3.63, 3.8) is 0 Å². The van der Waals surface area contributed by atoms with E-state index in [2.05, 4.69) is 9.89 Å². The number of nitrogens with zero attached hydrogens (tertiary/aromatic N) is 2. The van der Waals surface area contributed by atoms with E-state index in [1.165, 1.54) is 0 Å². The maximum absolute atomic E-state index is 12.2. The highest BCUT2D eigenvalue weighted by atomic mass is 16.6. The number of carbonyl (C=O) groups excluding carboxylic acids is 1. The number of esters is 1. The molecule has 0 saturated carbocycles. The number of ether oxygens (including phenoxy) is 1. The van der Waals surface area contributed by atoms with Gasteiger partial charge in [0.2, 0.25) is 5.90 Å². The average molecular weight is 335 g/mol. The molecule has 2 aromatic carbocycles. The Hall–Kier alpha value is -2.66. The quantitative estimate of drug-likeness (QED) is 0.692. The molecule has 0 aliphatic carbocycles. The van der Waals surface area contributed by atoms with E-state index in [1.807, 2.05) is 48.7 Å². The molecule has 0 bridgehead atoms. The number of piperidine rings is 1. The van der Waals surface area contributed by atoms with Gasteiger partial charge < -0.3 is 15.4 Å². The highest BCUT2D eigenvalue weighted by Gasteiger charge is 2.27. The highest BCUT2D eigenvalue weighted by Crippen LogP contribution is 2.25. The van der Waals surface area contributed by atoms with E-state index in [0.717, 1.165) is 48.8 Å². The minimum absolute atomic E-state index is 0.370. The second-order valence-corrected chi connectivity index (χ2v) is 6.56. The van der Waals surface area contributed by atoms with Crippen LogP contribution in [0.1, 0.15) is 18.4 Å². The Bertz CT molecular complexity index is 859. The fourth-order valence-electron chi connectivity index (χ4n) is 3.42. The summed E-state index contributed by atoms with van der Waals surface area (Å²) in [6.45, 7) is 2.53. The summed E-state index contributed by atoms with van der Waals surface area (Å²) in [5, 5.41) is 2.13. The summed E-state index contributed by atoms with van der Waals surface area (Å²) in [5.41, 5.74) is 6.95. The van der Waals surface area contributed by atoms with Crippen molar-refractivity contribution < 1.29 is 9.53 Å². The first-order valence-corrected chi connectivity index (χ1v) is 8.69. The molecule has 128 valence electrons. The van der Waals surface area contributed by atoms with Crippen LogP contribution in [0, 0.1) is 5.92 Å². The summed E-state index contributed by atoms with van der Waals surface area (Å²) in [5.74, 6) is 0.578. The zero-order valence-corrected chi connectivity index (χ0v) is 14.0. The fourth-order valence-corrected chi connectivity index (χ4v) is 3.42. The number of hydrogen-bond donors (Lipinski definition) is 1. The number of aliphatic imine (C=N–C) groups is 1. The molecule has 2 aliphatic heterocycles. The van der Waals surface area contributed by atoms with Gasteiger partial charge in [0.25, 0.3) is 0 Å². The van der Waals surface area contributed by atoms with Gasteiger partial charge in [0.1, 0.15) is 0 Å². The molecule has 5 heteroatoms. The van der Waals surface area contributed by atoms with Gasteiger partial charge >= 0.3 is 5.97 Å². The minimum Gasteiger partial charge on any atom is -0.402 e. The largest absolute Gasteiger partial charge is 0.402 e. The van der Waals surface area contributed by atoms with Crippen molar-refractivity contribution >= 4 is 22.6 Å². The van der Waals surface area contributed by atoms with Crippen molar-refractivity contribution in [2.24, 2.45) is 16.6 Å². The Morgan fingerprint density at radius 2 is 1.92 bits per heavy atom. The first-order chi connectivity index (χ1) is 12.2. The van der Waals surface area contributed by atoms with E-state index in [9.17, 15) is 4.79 Å². The molecule has 2 aliphatic rings. The van der Waals surface area contributed by atoms with Gasteiger partial charge in [0.15, 0.2) is 5.70 Å². The van der Waals surface area contributed by atoms with Crippen molar-refractivity contribution in [2.45, 2.75) is 12.8 Å². The molecule has 4 rings (SSSR count). The van der Waals surface area contributed by atoms with Crippen LogP contribution < -0.4 is 5.73 Å². The summed E-state index contributed by atoms with van der Waals surface area (Å²) in [6.07, 6.45) is 3.93. The number of benzene rings is 2. The zero-order valence-electron chi connectivity index (χ0n) is 14.0. The molecule has 2 aromatic rings. The molecule has 25 heavy (non-hydrogen) atoms. The second kappa shape index (κ2) is 6.69. The lowest BCUT2D eigenvalue weighted by atomic mass is 9.97. The summed E-state index contributed by atoms with van der Waals surface area (Å²) in [6, 6.07) is 13.9. The van der Waals surface area contributed by atoms with Crippen LogP contribution in [0.25, 0.3) is 10.8 Å². The number of rotatable bonds is 3. The van der Waals surface area contributed by atoms with Crippen molar-refractivity contribution in [1.29, 1.82) is 0 Å². The van der Waals surface area contributed by atoms with Crippen molar-refractivity contribution in [2.75, 3.05) is 19.6 Å². The van der Waals surface area contributed by atoms with Crippen molar-refractivity contribution in [3.8, 4) is 0 Å². The van der Waals surface area contributed by atoms with Crippen LogP contribution in [-0.4, -0.2) is 36.4 Å². The molecule has 1 fully saturated rings. The molecular weight excluding hydrogens is 314 g/mol. The van der Waals surface area contributed by atoms with Crippen LogP contribution in [0.5, 0.6) is 0 Å². The maximum Gasteiger partial charge on any atom is 0.365 e. The van der Waals surface area contributed by atoms with Crippen LogP contribution in [0.4, 0.5) is 0 Å². The van der Waals surface area contributed by atoms with Gasteiger partial charge in [-0.15, -0.1) is 0 Å². The maximum atomic E-state index is 12.2. The molecular formula is C20H21N3O2. The second-order valence-electron chi connectivity index (χ2n) is 6.56. The number of cyclic esters (lactones) is 1. The van der Waals surface area contributed by atoms with Crippen LogP contribution in [0.15, 0.2) is 59.4 Å². The Morgan fingerprint density at radius 1 is 1.16 bits per heavy atom. The van der Waals surface area contributed by atoms with Gasteiger partial charge in [-0.1, -0.05) is 36.4 Å². The van der Waals surface area contributed by atoms with Gasteiger partial charge in [-0.25, -0.2) is 9.79 Å². The Morgan fingerprint density at radius 3 is 2.72 bits per heavy atom. The fraction of sp³-hybridized carbons (Fsp3) is 0.300. The monoisotopic (exact) mass is 335 g/mol. The number of nitrogens with two attached hydrogens (primary N) is 1. The number of carbonyl (C=O) groups is 1. The molecule has 2 N–H and O–H groups in total. The van der Waals surface area contributed by atoms with Gasteiger partial charge in [-0.3, -0.25) is 0 Å². The minimum atomic E-state index is -0.385. The lowest BCUT2D eigenvalue weighted by molar-refractivity contribution is -0.130. The lowest BCUT2D eigenvalue weighted by Gasteiger charge is -2.30. The zero-order chi connectivity index (χ0) is 17.2. The molecule has 2 heterocycles. The normalized spacial score (nSPS) is 20.2. The predicted octanol–water partition coefficient (Wildman–Crippen LogP) is 2.66. The third-order valence-corrected chi connectivity index (χ3v) is 4.93. The Balaban J connectivity index is 1.61. The predicted molar refractivity (Wildman–Crippen MR) is 98.0 cm³/mol. The van der Waals surface area contributed by atoms with Gasteiger partial charge in [-0.2, -0.15) is 0 Å². The number of hydrogen-bond acceptors (Lipinski definition) is 5. The first kappa shape index (κ1) is 15.8. The first-order valence-electron chi connectivity index (χ1n) is 8.69. The number of fused-ring (bicyclic) bond motifs is 1. The highest BCUT2D eigenvalue weighted by molar-refractivity contribution is 6.16. The molecule has 1 saturated heterocycles. The third kappa shape index (κ3) is 3.15. The van der Waals surface area contributed by atoms with Gasteiger partial charge in [0, 0.05) is 24.9 Å². The summed E-state index contributed by atoms with van der Waals surface area (Å²) >= 11 is 0. The standard InChI is InChI=1S/C20H21N3O2/c21-12-14-8-10-23(11-9-14)13-18-20(24)25-19(22-18)17-7-3-5-15-4-1-2-6-16(15)17/h1-7,13-14H,8-12,21H2/b18-13+. The van der Waals surface area contributed by atoms with Crippen LogP contribution in [0.2, 0.25) is 0 Å².